The van der Waals surface area contributed by atoms with Crippen LogP contribution in [0.2, 0.25) is 0 Å². The second kappa shape index (κ2) is 6.23. The summed E-state index contributed by atoms with van der Waals surface area (Å²) in [5, 5.41) is 7.34. The number of amides is 1. The summed E-state index contributed by atoms with van der Waals surface area (Å²) in [6, 6.07) is 1.88. The Balaban J connectivity index is 1.60. The fourth-order valence-electron chi connectivity index (χ4n) is 2.45. The van der Waals surface area contributed by atoms with Gasteiger partial charge < -0.3 is 20.7 Å². The lowest BCUT2D eigenvalue weighted by molar-refractivity contribution is 0.0104. The largest absolute Gasteiger partial charge is 0.444 e. The molecule has 0 atom stereocenters. The van der Waals surface area contributed by atoms with Crippen LogP contribution >= 0.6 is 0 Å². The zero-order valence-corrected chi connectivity index (χ0v) is 14.9. The number of carbonyl (C=O) groups is 1. The minimum atomic E-state index is -0.489. The van der Waals surface area contributed by atoms with Gasteiger partial charge in [-0.2, -0.15) is 5.10 Å². The average Bonchev–Trinajstić information content (AvgIpc) is 2.81. The quantitative estimate of drug-likeness (QED) is 0.867. The van der Waals surface area contributed by atoms with E-state index in [4.69, 9.17) is 10.5 Å². The standard InChI is InChI=1S/C16H23N7O2/c1-16(2,3)25-15(24)23-8-10(9-23)20-14-18-6-5-12(21-14)11-7-19-22(4)13(11)17/h5-7,10H,8-9,17H2,1-4H3,(H,18,20,21). The van der Waals surface area contributed by atoms with Crippen molar-refractivity contribution in [1.82, 2.24) is 24.6 Å². The molecule has 9 heteroatoms. The van der Waals surface area contributed by atoms with Crippen LogP contribution < -0.4 is 11.1 Å². The number of likely N-dealkylation sites (tertiary alicyclic amines) is 1. The summed E-state index contributed by atoms with van der Waals surface area (Å²) in [5.41, 5.74) is 6.96. The van der Waals surface area contributed by atoms with Crippen molar-refractivity contribution < 1.29 is 9.53 Å². The molecule has 9 nitrogen and oxygen atoms in total. The third kappa shape index (κ3) is 3.81. The second-order valence-electron chi connectivity index (χ2n) is 7.06. The summed E-state index contributed by atoms with van der Waals surface area (Å²) in [6.45, 7) is 6.66. The van der Waals surface area contributed by atoms with Gasteiger partial charge in [0.05, 0.1) is 23.5 Å². The highest BCUT2D eigenvalue weighted by Crippen LogP contribution is 2.24. The van der Waals surface area contributed by atoms with Crippen molar-refractivity contribution in [2.45, 2.75) is 32.4 Å². The number of hydrogen-bond donors (Lipinski definition) is 2. The predicted molar refractivity (Wildman–Crippen MR) is 93.9 cm³/mol. The monoisotopic (exact) mass is 345 g/mol. The second-order valence-corrected chi connectivity index (χ2v) is 7.06. The molecule has 0 radical (unpaired) electrons. The molecule has 3 heterocycles. The SMILES string of the molecule is Cn1ncc(-c2ccnc(NC3CN(C(=O)OC(C)(C)C)C3)n2)c1N. The molecule has 1 saturated heterocycles. The molecule has 2 aromatic rings. The molecule has 0 aliphatic carbocycles. The number of nitrogens with zero attached hydrogens (tertiary/aromatic N) is 5. The van der Waals surface area contributed by atoms with E-state index in [9.17, 15) is 4.79 Å². The van der Waals surface area contributed by atoms with E-state index in [1.807, 2.05) is 20.8 Å². The van der Waals surface area contributed by atoms with E-state index in [0.717, 1.165) is 5.56 Å². The van der Waals surface area contributed by atoms with Gasteiger partial charge in [-0.1, -0.05) is 0 Å². The summed E-state index contributed by atoms with van der Waals surface area (Å²) < 4.78 is 6.93. The van der Waals surface area contributed by atoms with Gasteiger partial charge >= 0.3 is 6.09 Å². The number of carbonyl (C=O) groups excluding carboxylic acids is 1. The van der Waals surface area contributed by atoms with Gasteiger partial charge in [0, 0.05) is 26.3 Å². The molecule has 0 unspecified atom stereocenters. The van der Waals surface area contributed by atoms with Crippen molar-refractivity contribution in [1.29, 1.82) is 0 Å². The summed E-state index contributed by atoms with van der Waals surface area (Å²) in [6.07, 6.45) is 3.04. The number of aromatic nitrogens is 4. The Hall–Kier alpha value is -2.84. The molecular weight excluding hydrogens is 322 g/mol. The summed E-state index contributed by atoms with van der Waals surface area (Å²) >= 11 is 0. The number of ether oxygens (including phenoxy) is 1. The van der Waals surface area contributed by atoms with Gasteiger partial charge in [0.15, 0.2) is 0 Å². The Labute approximate surface area is 146 Å². The van der Waals surface area contributed by atoms with Gasteiger partial charge in [-0.25, -0.2) is 14.8 Å². The highest BCUT2D eigenvalue weighted by molar-refractivity contribution is 5.71. The van der Waals surface area contributed by atoms with Gasteiger partial charge in [0.25, 0.3) is 0 Å². The van der Waals surface area contributed by atoms with Crippen molar-refractivity contribution in [3.63, 3.8) is 0 Å². The minimum Gasteiger partial charge on any atom is -0.444 e. The van der Waals surface area contributed by atoms with E-state index in [1.54, 1.807) is 35.1 Å². The first-order valence-corrected chi connectivity index (χ1v) is 8.08. The Morgan fingerprint density at radius 3 is 2.72 bits per heavy atom. The van der Waals surface area contributed by atoms with Gasteiger partial charge in [0.2, 0.25) is 5.95 Å². The molecule has 1 aliphatic rings. The van der Waals surface area contributed by atoms with Crippen LogP contribution in [0.3, 0.4) is 0 Å². The molecule has 0 aromatic carbocycles. The number of rotatable bonds is 3. The van der Waals surface area contributed by atoms with Crippen LogP contribution in [0.25, 0.3) is 11.3 Å². The van der Waals surface area contributed by atoms with Crippen LogP contribution in [0.4, 0.5) is 16.6 Å². The smallest absolute Gasteiger partial charge is 0.410 e. The van der Waals surface area contributed by atoms with E-state index in [0.29, 0.717) is 30.5 Å². The van der Waals surface area contributed by atoms with Crippen LogP contribution in [-0.4, -0.2) is 55.5 Å². The van der Waals surface area contributed by atoms with Gasteiger partial charge in [0.1, 0.15) is 11.4 Å². The van der Waals surface area contributed by atoms with Crippen LogP contribution in [-0.2, 0) is 11.8 Å². The Morgan fingerprint density at radius 1 is 1.40 bits per heavy atom. The lowest BCUT2D eigenvalue weighted by Crippen LogP contribution is -2.58. The normalized spacial score (nSPS) is 15.0. The van der Waals surface area contributed by atoms with Crippen LogP contribution in [0.5, 0.6) is 0 Å². The van der Waals surface area contributed by atoms with Gasteiger partial charge in [-0.15, -0.1) is 0 Å². The van der Waals surface area contributed by atoms with Gasteiger partial charge in [-0.3, -0.25) is 4.68 Å². The first-order valence-electron chi connectivity index (χ1n) is 8.08. The minimum absolute atomic E-state index is 0.0917. The van der Waals surface area contributed by atoms with E-state index < -0.39 is 5.60 Å². The zero-order chi connectivity index (χ0) is 18.2. The summed E-state index contributed by atoms with van der Waals surface area (Å²) in [5.74, 6) is 1.04. The molecule has 1 aliphatic heterocycles. The van der Waals surface area contributed by atoms with Crippen LogP contribution in [0, 0.1) is 0 Å². The third-order valence-corrected chi connectivity index (χ3v) is 3.78. The number of anilines is 2. The lowest BCUT2D eigenvalue weighted by Gasteiger charge is -2.39. The maximum Gasteiger partial charge on any atom is 0.410 e. The van der Waals surface area contributed by atoms with Crippen LogP contribution in [0.1, 0.15) is 20.8 Å². The molecule has 1 amide bonds. The highest BCUT2D eigenvalue weighted by Gasteiger charge is 2.34. The topological polar surface area (TPSA) is 111 Å². The number of nitrogen functional groups attached to an aromatic ring is 1. The van der Waals surface area contributed by atoms with Crippen molar-refractivity contribution in [2.75, 3.05) is 24.1 Å². The summed E-state index contributed by atoms with van der Waals surface area (Å²) in [7, 11) is 1.78. The highest BCUT2D eigenvalue weighted by atomic mass is 16.6. The molecule has 25 heavy (non-hydrogen) atoms. The molecule has 0 saturated carbocycles. The maximum absolute atomic E-state index is 11.9. The van der Waals surface area contributed by atoms with Crippen molar-refractivity contribution in [2.24, 2.45) is 7.05 Å². The number of nitrogens with two attached hydrogens (primary N) is 1. The van der Waals surface area contributed by atoms with Crippen molar-refractivity contribution in [3.05, 3.63) is 18.5 Å². The first-order chi connectivity index (χ1) is 11.7. The van der Waals surface area contributed by atoms with Gasteiger partial charge in [-0.05, 0) is 26.8 Å². The molecule has 1 fully saturated rings. The van der Waals surface area contributed by atoms with E-state index in [1.165, 1.54) is 0 Å². The van der Waals surface area contributed by atoms with Crippen molar-refractivity contribution in [3.8, 4) is 11.3 Å². The fourth-order valence-corrected chi connectivity index (χ4v) is 2.45. The molecule has 0 spiro atoms. The third-order valence-electron chi connectivity index (χ3n) is 3.78. The fraction of sp³-hybridized carbons (Fsp3) is 0.500. The molecule has 3 rings (SSSR count). The number of nitrogens with one attached hydrogen (secondary N) is 1. The van der Waals surface area contributed by atoms with E-state index >= 15 is 0 Å². The average molecular weight is 345 g/mol. The Bertz CT molecular complexity index is 775. The zero-order valence-electron chi connectivity index (χ0n) is 14.9. The molecular formula is C16H23N7O2. The van der Waals surface area contributed by atoms with Crippen molar-refractivity contribution >= 4 is 17.9 Å². The Morgan fingerprint density at radius 2 is 2.12 bits per heavy atom. The van der Waals surface area contributed by atoms with E-state index in [2.05, 4.69) is 20.4 Å². The summed E-state index contributed by atoms with van der Waals surface area (Å²) in [4.78, 5) is 22.3. The Kier molecular flexibility index (Phi) is 4.23. The lowest BCUT2D eigenvalue weighted by atomic mass is 10.1. The number of hydrogen-bond acceptors (Lipinski definition) is 7. The predicted octanol–water partition coefficient (Wildman–Crippen LogP) is 1.49. The molecule has 3 N–H and O–H groups in total. The maximum atomic E-state index is 11.9. The first kappa shape index (κ1) is 17.0. The van der Waals surface area contributed by atoms with Crippen LogP contribution in [0.15, 0.2) is 18.5 Å². The van der Waals surface area contributed by atoms with E-state index in [-0.39, 0.29) is 12.1 Å². The molecule has 0 bridgehead atoms. The molecule has 2 aromatic heterocycles. The number of aryl methyl sites for hydroxylation is 1. The molecule has 134 valence electrons.